The highest BCUT2D eigenvalue weighted by Crippen LogP contribution is 2.31. The third kappa shape index (κ3) is 2.94. The van der Waals surface area contributed by atoms with Gasteiger partial charge in [-0.1, -0.05) is 6.07 Å². The first kappa shape index (κ1) is 14.0. The van der Waals surface area contributed by atoms with E-state index in [0.717, 1.165) is 18.2 Å². The lowest BCUT2D eigenvalue weighted by atomic mass is 10.0. The molecule has 0 spiro atoms. The summed E-state index contributed by atoms with van der Waals surface area (Å²) in [6, 6.07) is 8.85. The fourth-order valence-corrected chi connectivity index (χ4v) is 1.73. The topological polar surface area (TPSA) is 36.7 Å². The fraction of sp³-hybridized carbons (Fsp3) is 0.143. The van der Waals surface area contributed by atoms with E-state index in [4.69, 9.17) is 5.26 Å². The highest BCUT2D eigenvalue weighted by molar-refractivity contribution is 5.63. The highest BCUT2D eigenvalue weighted by atomic mass is 19.4. The molecule has 102 valence electrons. The van der Waals surface area contributed by atoms with E-state index in [1.165, 1.54) is 18.2 Å². The van der Waals surface area contributed by atoms with Crippen molar-refractivity contribution in [3.05, 3.63) is 53.5 Å². The molecule has 0 N–H and O–H groups in total. The molecule has 20 heavy (non-hydrogen) atoms. The summed E-state index contributed by atoms with van der Waals surface area (Å²) in [4.78, 5) is 3.56. The number of rotatable bonds is 2. The molecule has 0 unspecified atom stereocenters. The lowest BCUT2D eigenvalue weighted by molar-refractivity contribution is -0.141. The Balaban J connectivity index is 2.58. The monoisotopic (exact) mass is 280 g/mol. The third-order valence-corrected chi connectivity index (χ3v) is 2.66. The van der Waals surface area contributed by atoms with Crippen LogP contribution in [0.5, 0.6) is 0 Å². The van der Waals surface area contributed by atoms with Crippen molar-refractivity contribution in [2.24, 2.45) is 0 Å². The van der Waals surface area contributed by atoms with E-state index in [9.17, 15) is 17.6 Å². The Morgan fingerprint density at radius 3 is 2.25 bits per heavy atom. The van der Waals surface area contributed by atoms with Crippen molar-refractivity contribution in [2.75, 3.05) is 0 Å². The lowest BCUT2D eigenvalue weighted by Crippen LogP contribution is -2.09. The molecular weight excluding hydrogens is 272 g/mol. The quantitative estimate of drug-likeness (QED) is 0.780. The predicted octanol–water partition coefficient (Wildman–Crippen LogP) is 3.97. The van der Waals surface area contributed by atoms with Gasteiger partial charge in [0.25, 0.3) is 0 Å². The standard InChI is InChI=1S/C14H8F4N2/c15-11-4-1-9(2-5-11)13-10(7-8-19)3-6-12(20-13)14(16,17)18/h1-6H,7H2. The van der Waals surface area contributed by atoms with Crippen LogP contribution in [0.15, 0.2) is 36.4 Å². The van der Waals surface area contributed by atoms with Crippen molar-refractivity contribution in [3.8, 4) is 17.3 Å². The average molecular weight is 280 g/mol. The molecule has 0 saturated heterocycles. The predicted molar refractivity (Wildman–Crippen MR) is 64.0 cm³/mol. The number of hydrogen-bond donors (Lipinski definition) is 0. The molecule has 1 aromatic heterocycles. The second-order valence-corrected chi connectivity index (χ2v) is 4.04. The zero-order chi connectivity index (χ0) is 14.8. The molecule has 0 fully saturated rings. The fourth-order valence-electron chi connectivity index (χ4n) is 1.73. The lowest BCUT2D eigenvalue weighted by Gasteiger charge is -2.11. The minimum absolute atomic E-state index is 0.0429. The number of alkyl halides is 3. The number of benzene rings is 1. The summed E-state index contributed by atoms with van der Waals surface area (Å²) in [6.45, 7) is 0. The molecule has 1 heterocycles. The van der Waals surface area contributed by atoms with Crippen LogP contribution in [0.1, 0.15) is 11.3 Å². The van der Waals surface area contributed by atoms with Crippen molar-refractivity contribution in [2.45, 2.75) is 12.6 Å². The van der Waals surface area contributed by atoms with Gasteiger partial charge < -0.3 is 0 Å². The summed E-state index contributed by atoms with van der Waals surface area (Å²) in [6.07, 6.45) is -4.64. The molecule has 0 saturated carbocycles. The van der Waals surface area contributed by atoms with Gasteiger partial charge in [0.15, 0.2) is 0 Å². The van der Waals surface area contributed by atoms with E-state index >= 15 is 0 Å². The second-order valence-electron chi connectivity index (χ2n) is 4.04. The van der Waals surface area contributed by atoms with Crippen molar-refractivity contribution in [1.82, 2.24) is 4.98 Å². The minimum Gasteiger partial charge on any atom is -0.243 e. The summed E-state index contributed by atoms with van der Waals surface area (Å²) < 4.78 is 50.9. The van der Waals surface area contributed by atoms with Crippen LogP contribution in [0, 0.1) is 17.1 Å². The van der Waals surface area contributed by atoms with Gasteiger partial charge in [-0.15, -0.1) is 0 Å². The Labute approximate surface area is 112 Å². The maximum absolute atomic E-state index is 12.9. The molecule has 0 aliphatic carbocycles. The van der Waals surface area contributed by atoms with E-state index in [1.54, 1.807) is 0 Å². The second kappa shape index (κ2) is 5.29. The number of pyridine rings is 1. The molecule has 0 radical (unpaired) electrons. The van der Waals surface area contributed by atoms with Gasteiger partial charge in [0.1, 0.15) is 11.5 Å². The van der Waals surface area contributed by atoms with Crippen molar-refractivity contribution in [3.63, 3.8) is 0 Å². The van der Waals surface area contributed by atoms with Gasteiger partial charge in [0.05, 0.1) is 18.2 Å². The molecule has 6 heteroatoms. The third-order valence-electron chi connectivity index (χ3n) is 2.66. The van der Waals surface area contributed by atoms with Crippen LogP contribution in [0.3, 0.4) is 0 Å². The number of aromatic nitrogens is 1. The van der Waals surface area contributed by atoms with E-state index in [2.05, 4.69) is 4.98 Å². The first-order valence-corrected chi connectivity index (χ1v) is 5.62. The summed E-state index contributed by atoms with van der Waals surface area (Å²) in [7, 11) is 0. The SMILES string of the molecule is N#CCc1ccc(C(F)(F)F)nc1-c1ccc(F)cc1. The van der Waals surface area contributed by atoms with Crippen LogP contribution in [0.25, 0.3) is 11.3 Å². The van der Waals surface area contributed by atoms with E-state index < -0.39 is 17.7 Å². The Hall–Kier alpha value is -2.42. The first-order chi connectivity index (χ1) is 9.41. The largest absolute Gasteiger partial charge is 0.433 e. The number of nitriles is 1. The van der Waals surface area contributed by atoms with Crippen molar-refractivity contribution >= 4 is 0 Å². The van der Waals surface area contributed by atoms with Gasteiger partial charge in [-0.2, -0.15) is 18.4 Å². The molecule has 0 aliphatic rings. The molecule has 0 amide bonds. The molecule has 2 aromatic rings. The Morgan fingerprint density at radius 1 is 1.05 bits per heavy atom. The summed E-state index contributed by atoms with van der Waals surface area (Å²) in [5.74, 6) is -0.498. The molecule has 0 bridgehead atoms. The van der Waals surface area contributed by atoms with Crippen LogP contribution in [-0.4, -0.2) is 4.98 Å². The van der Waals surface area contributed by atoms with Gasteiger partial charge in [0, 0.05) is 5.56 Å². The summed E-state index contributed by atoms with van der Waals surface area (Å²) in [5.41, 5.74) is -0.297. The number of nitrogens with zero attached hydrogens (tertiary/aromatic N) is 2. The maximum atomic E-state index is 12.9. The Morgan fingerprint density at radius 2 is 1.70 bits per heavy atom. The van der Waals surface area contributed by atoms with Crippen molar-refractivity contribution < 1.29 is 17.6 Å². The zero-order valence-electron chi connectivity index (χ0n) is 10.1. The first-order valence-electron chi connectivity index (χ1n) is 5.62. The minimum atomic E-state index is -4.57. The Bertz CT molecular complexity index is 654. The van der Waals surface area contributed by atoms with Gasteiger partial charge in [-0.3, -0.25) is 0 Å². The molecule has 2 nitrogen and oxygen atoms in total. The number of hydrogen-bond acceptors (Lipinski definition) is 2. The highest BCUT2D eigenvalue weighted by Gasteiger charge is 2.33. The zero-order valence-corrected chi connectivity index (χ0v) is 10.1. The van der Waals surface area contributed by atoms with Gasteiger partial charge >= 0.3 is 6.18 Å². The van der Waals surface area contributed by atoms with E-state index in [1.807, 2.05) is 6.07 Å². The van der Waals surface area contributed by atoms with Crippen molar-refractivity contribution in [1.29, 1.82) is 5.26 Å². The molecule has 2 rings (SSSR count). The van der Waals surface area contributed by atoms with Crippen LogP contribution in [0.2, 0.25) is 0 Å². The van der Waals surface area contributed by atoms with Crippen LogP contribution >= 0.6 is 0 Å². The molecule has 0 atom stereocenters. The number of halogens is 4. The summed E-state index contributed by atoms with van der Waals surface area (Å²) >= 11 is 0. The van der Waals surface area contributed by atoms with Crippen LogP contribution in [-0.2, 0) is 12.6 Å². The molecule has 1 aromatic carbocycles. The Kier molecular flexibility index (Phi) is 3.70. The molecular formula is C14H8F4N2. The maximum Gasteiger partial charge on any atom is 0.433 e. The molecule has 0 aliphatic heterocycles. The van der Waals surface area contributed by atoms with Gasteiger partial charge in [0.2, 0.25) is 0 Å². The average Bonchev–Trinajstić information content (AvgIpc) is 2.39. The van der Waals surface area contributed by atoms with E-state index in [0.29, 0.717) is 11.1 Å². The smallest absolute Gasteiger partial charge is 0.243 e. The summed E-state index contributed by atoms with van der Waals surface area (Å²) in [5, 5.41) is 8.70. The van der Waals surface area contributed by atoms with E-state index in [-0.39, 0.29) is 12.1 Å². The van der Waals surface area contributed by atoms with Gasteiger partial charge in [-0.05, 0) is 35.9 Å². The van der Waals surface area contributed by atoms with Crippen LogP contribution < -0.4 is 0 Å². The van der Waals surface area contributed by atoms with Gasteiger partial charge in [-0.25, -0.2) is 9.37 Å². The normalized spacial score (nSPS) is 11.2. The van der Waals surface area contributed by atoms with Crippen LogP contribution in [0.4, 0.5) is 17.6 Å².